The lowest BCUT2D eigenvalue weighted by molar-refractivity contribution is -0.121. The smallest absolute Gasteiger partial charge is 0.420 e. The lowest BCUT2D eigenvalue weighted by Gasteiger charge is -2.14. The molecule has 0 fully saturated rings. The number of nitrogens with one attached hydrogen (secondary N) is 1. The van der Waals surface area contributed by atoms with Crippen LogP contribution in [0.15, 0.2) is 45.6 Å². The SMILES string of the molecule is COc1cc(CNC(=O)Cn2c(=O)oc3ccccc32)cc(OC)c1OC. The molecule has 3 aromatic rings. The number of oxazole rings is 1. The number of hydrogen-bond acceptors (Lipinski definition) is 6. The van der Waals surface area contributed by atoms with E-state index in [0.717, 1.165) is 5.56 Å². The van der Waals surface area contributed by atoms with Gasteiger partial charge in [0.1, 0.15) is 6.54 Å². The Morgan fingerprint density at radius 2 is 1.74 bits per heavy atom. The molecule has 0 aliphatic carbocycles. The van der Waals surface area contributed by atoms with Crippen LogP contribution in [0.1, 0.15) is 5.56 Å². The van der Waals surface area contributed by atoms with Gasteiger partial charge in [-0.3, -0.25) is 9.36 Å². The van der Waals surface area contributed by atoms with E-state index in [1.165, 1.54) is 25.9 Å². The first-order chi connectivity index (χ1) is 13.1. The molecule has 0 bridgehead atoms. The van der Waals surface area contributed by atoms with Crippen LogP contribution in [0.4, 0.5) is 0 Å². The molecule has 2 aromatic carbocycles. The van der Waals surface area contributed by atoms with Crippen molar-refractivity contribution in [3.05, 3.63) is 52.5 Å². The van der Waals surface area contributed by atoms with Gasteiger partial charge in [-0.05, 0) is 29.8 Å². The highest BCUT2D eigenvalue weighted by Gasteiger charge is 2.15. The van der Waals surface area contributed by atoms with E-state index in [1.807, 2.05) is 0 Å². The van der Waals surface area contributed by atoms with E-state index in [2.05, 4.69) is 5.32 Å². The molecule has 1 heterocycles. The van der Waals surface area contributed by atoms with Gasteiger partial charge in [-0.15, -0.1) is 0 Å². The number of carbonyl (C=O) groups excluding carboxylic acids is 1. The summed E-state index contributed by atoms with van der Waals surface area (Å²) in [6.07, 6.45) is 0. The summed E-state index contributed by atoms with van der Waals surface area (Å²) in [5.74, 6) is 0.583. The number of aromatic nitrogens is 1. The van der Waals surface area contributed by atoms with Crippen molar-refractivity contribution in [2.24, 2.45) is 0 Å². The normalized spacial score (nSPS) is 10.6. The molecular weight excluding hydrogens is 352 g/mol. The van der Waals surface area contributed by atoms with Crippen molar-refractivity contribution >= 4 is 17.0 Å². The Bertz CT molecular complexity index is 995. The van der Waals surface area contributed by atoms with Gasteiger partial charge in [0.05, 0.1) is 26.8 Å². The van der Waals surface area contributed by atoms with E-state index in [-0.39, 0.29) is 19.0 Å². The quantitative estimate of drug-likeness (QED) is 0.681. The van der Waals surface area contributed by atoms with Gasteiger partial charge in [0.15, 0.2) is 17.1 Å². The molecule has 1 amide bonds. The van der Waals surface area contributed by atoms with Crippen LogP contribution in [0, 0.1) is 0 Å². The predicted molar refractivity (Wildman–Crippen MR) is 98.4 cm³/mol. The van der Waals surface area contributed by atoms with Crippen molar-refractivity contribution in [3.8, 4) is 17.2 Å². The predicted octanol–water partition coefficient (Wildman–Crippen LogP) is 1.94. The number of fused-ring (bicyclic) bond motifs is 1. The van der Waals surface area contributed by atoms with E-state index >= 15 is 0 Å². The number of amides is 1. The Balaban J connectivity index is 1.74. The summed E-state index contributed by atoms with van der Waals surface area (Å²) in [4.78, 5) is 24.3. The van der Waals surface area contributed by atoms with Crippen LogP contribution in [0.3, 0.4) is 0 Å². The molecule has 0 saturated heterocycles. The summed E-state index contributed by atoms with van der Waals surface area (Å²) in [7, 11) is 4.57. The molecule has 8 nitrogen and oxygen atoms in total. The van der Waals surface area contributed by atoms with Crippen LogP contribution in [-0.4, -0.2) is 31.8 Å². The molecular formula is C19H20N2O6. The fraction of sp³-hybridized carbons (Fsp3) is 0.263. The number of hydrogen-bond donors (Lipinski definition) is 1. The fourth-order valence-corrected chi connectivity index (χ4v) is 2.80. The van der Waals surface area contributed by atoms with E-state index in [9.17, 15) is 9.59 Å². The number of para-hydroxylation sites is 2. The first-order valence-electron chi connectivity index (χ1n) is 8.21. The van der Waals surface area contributed by atoms with Crippen molar-refractivity contribution in [2.45, 2.75) is 13.1 Å². The standard InChI is InChI=1S/C19H20N2O6/c1-24-15-8-12(9-16(25-2)18(15)26-3)10-20-17(22)11-21-13-6-4-5-7-14(13)27-19(21)23/h4-9H,10-11H2,1-3H3,(H,20,22). The van der Waals surface area contributed by atoms with Gasteiger partial charge in [-0.2, -0.15) is 0 Å². The van der Waals surface area contributed by atoms with Crippen molar-refractivity contribution in [1.29, 1.82) is 0 Å². The molecule has 1 aromatic heterocycles. The summed E-state index contributed by atoms with van der Waals surface area (Å²) >= 11 is 0. The van der Waals surface area contributed by atoms with Gasteiger partial charge >= 0.3 is 5.76 Å². The highest BCUT2D eigenvalue weighted by molar-refractivity contribution is 5.79. The summed E-state index contributed by atoms with van der Waals surface area (Å²) in [5, 5.41) is 2.78. The Hall–Kier alpha value is -3.42. The number of nitrogens with zero attached hydrogens (tertiary/aromatic N) is 1. The van der Waals surface area contributed by atoms with Crippen LogP contribution < -0.4 is 25.3 Å². The third-order valence-electron chi connectivity index (χ3n) is 4.09. The topological polar surface area (TPSA) is 91.9 Å². The maximum Gasteiger partial charge on any atom is 0.420 e. The van der Waals surface area contributed by atoms with E-state index in [0.29, 0.717) is 28.3 Å². The molecule has 27 heavy (non-hydrogen) atoms. The van der Waals surface area contributed by atoms with Crippen molar-refractivity contribution in [1.82, 2.24) is 9.88 Å². The first kappa shape index (κ1) is 18.4. The van der Waals surface area contributed by atoms with E-state index in [4.69, 9.17) is 18.6 Å². The second-order valence-corrected chi connectivity index (χ2v) is 5.73. The first-order valence-corrected chi connectivity index (χ1v) is 8.21. The van der Waals surface area contributed by atoms with Gasteiger partial charge in [-0.1, -0.05) is 12.1 Å². The number of benzene rings is 2. The summed E-state index contributed by atoms with van der Waals surface area (Å²) in [6, 6.07) is 10.5. The van der Waals surface area contributed by atoms with Crippen LogP contribution in [-0.2, 0) is 17.9 Å². The van der Waals surface area contributed by atoms with Gasteiger partial charge in [-0.25, -0.2) is 4.79 Å². The lowest BCUT2D eigenvalue weighted by Crippen LogP contribution is -2.30. The number of methoxy groups -OCH3 is 3. The minimum absolute atomic E-state index is 0.139. The molecule has 0 spiro atoms. The summed E-state index contributed by atoms with van der Waals surface area (Å²) < 4.78 is 22.3. The van der Waals surface area contributed by atoms with Crippen LogP contribution in [0.5, 0.6) is 17.2 Å². The van der Waals surface area contributed by atoms with Gasteiger partial charge in [0, 0.05) is 6.54 Å². The highest BCUT2D eigenvalue weighted by Crippen LogP contribution is 2.38. The van der Waals surface area contributed by atoms with E-state index < -0.39 is 5.76 Å². The minimum Gasteiger partial charge on any atom is -0.493 e. The Morgan fingerprint density at radius 1 is 1.07 bits per heavy atom. The van der Waals surface area contributed by atoms with Crippen LogP contribution in [0.2, 0.25) is 0 Å². The second kappa shape index (κ2) is 7.86. The molecule has 0 saturated carbocycles. The zero-order chi connectivity index (χ0) is 19.4. The zero-order valence-electron chi connectivity index (χ0n) is 15.3. The maximum absolute atomic E-state index is 12.3. The average Bonchev–Trinajstić information content (AvgIpc) is 3.00. The molecule has 3 rings (SSSR count). The Kier molecular flexibility index (Phi) is 5.35. The average molecular weight is 372 g/mol. The van der Waals surface area contributed by atoms with E-state index in [1.54, 1.807) is 36.4 Å². The minimum atomic E-state index is -0.570. The molecule has 0 atom stereocenters. The zero-order valence-corrected chi connectivity index (χ0v) is 15.3. The van der Waals surface area contributed by atoms with Gasteiger partial charge < -0.3 is 23.9 Å². The molecule has 0 unspecified atom stereocenters. The molecule has 0 aliphatic rings. The molecule has 0 aliphatic heterocycles. The number of rotatable bonds is 7. The number of ether oxygens (including phenoxy) is 3. The number of carbonyl (C=O) groups is 1. The third-order valence-corrected chi connectivity index (χ3v) is 4.09. The maximum atomic E-state index is 12.3. The van der Waals surface area contributed by atoms with Gasteiger partial charge in [0.25, 0.3) is 0 Å². The Morgan fingerprint density at radius 3 is 2.37 bits per heavy atom. The molecule has 1 N–H and O–H groups in total. The van der Waals surface area contributed by atoms with Crippen LogP contribution in [0.25, 0.3) is 11.1 Å². The van der Waals surface area contributed by atoms with Gasteiger partial charge in [0.2, 0.25) is 11.7 Å². The van der Waals surface area contributed by atoms with Crippen molar-refractivity contribution in [3.63, 3.8) is 0 Å². The molecule has 142 valence electrons. The second-order valence-electron chi connectivity index (χ2n) is 5.73. The highest BCUT2D eigenvalue weighted by atomic mass is 16.5. The largest absolute Gasteiger partial charge is 0.493 e. The lowest BCUT2D eigenvalue weighted by atomic mass is 10.1. The third kappa shape index (κ3) is 3.74. The van der Waals surface area contributed by atoms with Crippen molar-refractivity contribution in [2.75, 3.05) is 21.3 Å². The molecule has 0 radical (unpaired) electrons. The monoisotopic (exact) mass is 372 g/mol. The fourth-order valence-electron chi connectivity index (χ4n) is 2.80. The van der Waals surface area contributed by atoms with Crippen LogP contribution >= 0.6 is 0 Å². The van der Waals surface area contributed by atoms with Crippen molar-refractivity contribution < 1.29 is 23.4 Å². The summed E-state index contributed by atoms with van der Waals surface area (Å²) in [6.45, 7) is 0.0976. The summed E-state index contributed by atoms with van der Waals surface area (Å²) in [5.41, 5.74) is 1.78. The molecule has 8 heteroatoms. The Labute approximate surface area is 155 Å².